The number of hydrogen-bond acceptors (Lipinski definition) is 3. The highest BCUT2D eigenvalue weighted by Crippen LogP contribution is 2.17. The van der Waals surface area contributed by atoms with Crippen molar-refractivity contribution in [2.45, 2.75) is 40.3 Å². The van der Waals surface area contributed by atoms with Crippen molar-refractivity contribution in [1.29, 1.82) is 0 Å². The Labute approximate surface area is 120 Å². The van der Waals surface area contributed by atoms with Crippen molar-refractivity contribution in [1.82, 2.24) is 19.6 Å². The molecule has 2 heterocycles. The molecule has 2 aromatic rings. The predicted octanol–water partition coefficient (Wildman–Crippen LogP) is 2.85. The van der Waals surface area contributed by atoms with E-state index >= 15 is 0 Å². The summed E-state index contributed by atoms with van der Waals surface area (Å²) in [5, 5.41) is 12.1. The summed E-state index contributed by atoms with van der Waals surface area (Å²) in [6.07, 6.45) is 3.97. The van der Waals surface area contributed by atoms with Crippen LogP contribution in [0.1, 0.15) is 36.8 Å². The molecule has 106 valence electrons. The average Bonchev–Trinajstić information content (AvgIpc) is 2.83. The molecule has 0 aliphatic heterocycles. The van der Waals surface area contributed by atoms with E-state index in [1.165, 1.54) is 11.3 Å². The number of hydrogen-bond donors (Lipinski definition) is 1. The second kappa shape index (κ2) is 6.10. The Balaban J connectivity index is 0.00000180. The zero-order valence-corrected chi connectivity index (χ0v) is 13.0. The van der Waals surface area contributed by atoms with E-state index in [4.69, 9.17) is 0 Å². The third-order valence-electron chi connectivity index (χ3n) is 3.25. The molecule has 0 spiro atoms. The quantitative estimate of drug-likeness (QED) is 0.939. The molecular formula is C13H22ClN5. The van der Waals surface area contributed by atoms with Crippen molar-refractivity contribution in [3.63, 3.8) is 0 Å². The van der Waals surface area contributed by atoms with E-state index in [1.54, 1.807) is 0 Å². The summed E-state index contributed by atoms with van der Waals surface area (Å²) in [7, 11) is 1.96. The lowest BCUT2D eigenvalue weighted by atomic mass is 10.2. The second-order valence-electron chi connectivity index (χ2n) is 4.93. The lowest BCUT2D eigenvalue weighted by Crippen LogP contribution is -2.02. The summed E-state index contributed by atoms with van der Waals surface area (Å²) in [6.45, 7) is 9.14. The molecule has 2 aromatic heterocycles. The largest absolute Gasteiger partial charge is 0.378 e. The van der Waals surface area contributed by atoms with Crippen LogP contribution in [0.2, 0.25) is 0 Å². The van der Waals surface area contributed by atoms with E-state index in [2.05, 4.69) is 42.5 Å². The Morgan fingerprint density at radius 3 is 2.47 bits per heavy atom. The molecule has 0 fully saturated rings. The number of halogens is 1. The molecule has 0 radical (unpaired) electrons. The van der Waals surface area contributed by atoms with Gasteiger partial charge < -0.3 is 5.32 Å². The van der Waals surface area contributed by atoms with Crippen molar-refractivity contribution in [2.75, 3.05) is 5.32 Å². The number of aryl methyl sites for hydroxylation is 2. The van der Waals surface area contributed by atoms with Crippen LogP contribution >= 0.6 is 12.4 Å². The van der Waals surface area contributed by atoms with Crippen molar-refractivity contribution in [3.05, 3.63) is 29.3 Å². The highest BCUT2D eigenvalue weighted by Gasteiger charge is 2.08. The van der Waals surface area contributed by atoms with Crippen LogP contribution in [0.5, 0.6) is 0 Å². The first-order chi connectivity index (χ1) is 8.49. The van der Waals surface area contributed by atoms with E-state index in [0.717, 1.165) is 17.9 Å². The summed E-state index contributed by atoms with van der Waals surface area (Å²) >= 11 is 0. The standard InChI is InChI=1S/C13H21N5.ClH/c1-9(2)18-8-13(10(3)16-18)14-6-12-7-15-17(5)11(12)4;/h7-9,14H,6H2,1-5H3;1H. The molecule has 0 saturated heterocycles. The lowest BCUT2D eigenvalue weighted by molar-refractivity contribution is 0.529. The van der Waals surface area contributed by atoms with Crippen LogP contribution in [0.3, 0.4) is 0 Å². The van der Waals surface area contributed by atoms with E-state index in [0.29, 0.717) is 6.04 Å². The molecule has 1 N–H and O–H groups in total. The molecule has 0 aliphatic carbocycles. The van der Waals surface area contributed by atoms with Crippen LogP contribution in [0, 0.1) is 13.8 Å². The van der Waals surface area contributed by atoms with Crippen LogP contribution in [0.25, 0.3) is 0 Å². The summed E-state index contributed by atoms with van der Waals surface area (Å²) in [5.41, 5.74) is 4.53. The third-order valence-corrected chi connectivity index (χ3v) is 3.25. The van der Waals surface area contributed by atoms with Gasteiger partial charge in [-0.05, 0) is 27.7 Å². The Bertz CT molecular complexity index is 541. The molecule has 0 amide bonds. The van der Waals surface area contributed by atoms with E-state index in [9.17, 15) is 0 Å². The molecule has 2 rings (SSSR count). The monoisotopic (exact) mass is 283 g/mol. The Morgan fingerprint density at radius 2 is 2.00 bits per heavy atom. The maximum absolute atomic E-state index is 4.48. The first-order valence-electron chi connectivity index (χ1n) is 6.26. The van der Waals surface area contributed by atoms with E-state index in [-0.39, 0.29) is 12.4 Å². The first kappa shape index (κ1) is 15.6. The van der Waals surface area contributed by atoms with Gasteiger partial charge in [-0.25, -0.2) is 0 Å². The SMILES string of the molecule is Cc1nn(C(C)C)cc1NCc1cnn(C)c1C.Cl. The third kappa shape index (κ3) is 3.29. The van der Waals surface area contributed by atoms with Crippen molar-refractivity contribution in [3.8, 4) is 0 Å². The van der Waals surface area contributed by atoms with Gasteiger partial charge in [-0.2, -0.15) is 10.2 Å². The van der Waals surface area contributed by atoms with Crippen LogP contribution < -0.4 is 5.32 Å². The normalized spacial score (nSPS) is 10.6. The van der Waals surface area contributed by atoms with Crippen molar-refractivity contribution >= 4 is 18.1 Å². The summed E-state index contributed by atoms with van der Waals surface area (Å²) in [5.74, 6) is 0. The minimum atomic E-state index is 0. The van der Waals surface area contributed by atoms with Gasteiger partial charge in [-0.15, -0.1) is 12.4 Å². The maximum atomic E-state index is 4.48. The van der Waals surface area contributed by atoms with Crippen molar-refractivity contribution in [2.24, 2.45) is 7.05 Å². The van der Waals surface area contributed by atoms with Gasteiger partial charge in [0, 0.05) is 37.1 Å². The zero-order chi connectivity index (χ0) is 13.3. The topological polar surface area (TPSA) is 47.7 Å². The summed E-state index contributed by atoms with van der Waals surface area (Å²) < 4.78 is 3.87. The van der Waals surface area contributed by atoms with Gasteiger partial charge in [-0.1, -0.05) is 0 Å². The highest BCUT2D eigenvalue weighted by molar-refractivity contribution is 5.85. The van der Waals surface area contributed by atoms with E-state index in [1.807, 2.05) is 29.5 Å². The van der Waals surface area contributed by atoms with Crippen LogP contribution in [-0.4, -0.2) is 19.6 Å². The maximum Gasteiger partial charge on any atom is 0.0825 e. The molecular weight excluding hydrogens is 262 g/mol. The van der Waals surface area contributed by atoms with Crippen molar-refractivity contribution < 1.29 is 0 Å². The van der Waals surface area contributed by atoms with Crippen LogP contribution in [-0.2, 0) is 13.6 Å². The Hall–Kier alpha value is -1.49. The summed E-state index contributed by atoms with van der Waals surface area (Å²) in [4.78, 5) is 0. The molecule has 0 saturated carbocycles. The first-order valence-corrected chi connectivity index (χ1v) is 6.26. The molecule has 0 aromatic carbocycles. The molecule has 0 aliphatic rings. The number of rotatable bonds is 4. The lowest BCUT2D eigenvalue weighted by Gasteiger charge is -2.05. The highest BCUT2D eigenvalue weighted by atomic mass is 35.5. The minimum absolute atomic E-state index is 0. The molecule has 6 heteroatoms. The Morgan fingerprint density at radius 1 is 1.32 bits per heavy atom. The van der Waals surface area contributed by atoms with Gasteiger partial charge in [0.2, 0.25) is 0 Å². The predicted molar refractivity (Wildman–Crippen MR) is 79.9 cm³/mol. The van der Waals surface area contributed by atoms with Crippen LogP contribution in [0.4, 0.5) is 5.69 Å². The Kier molecular flexibility index (Phi) is 5.00. The molecule has 0 unspecified atom stereocenters. The van der Waals surface area contributed by atoms with E-state index < -0.39 is 0 Å². The van der Waals surface area contributed by atoms with Gasteiger partial charge in [0.1, 0.15) is 0 Å². The molecule has 0 bridgehead atoms. The van der Waals surface area contributed by atoms with Gasteiger partial charge in [0.15, 0.2) is 0 Å². The molecule has 5 nitrogen and oxygen atoms in total. The van der Waals surface area contributed by atoms with Gasteiger partial charge >= 0.3 is 0 Å². The molecule has 19 heavy (non-hydrogen) atoms. The second-order valence-corrected chi connectivity index (χ2v) is 4.93. The smallest absolute Gasteiger partial charge is 0.0825 e. The fraction of sp³-hybridized carbons (Fsp3) is 0.538. The van der Waals surface area contributed by atoms with Gasteiger partial charge in [-0.3, -0.25) is 9.36 Å². The fourth-order valence-electron chi connectivity index (χ4n) is 1.83. The average molecular weight is 284 g/mol. The summed E-state index contributed by atoms with van der Waals surface area (Å²) in [6, 6.07) is 0.388. The number of nitrogens with one attached hydrogen (secondary N) is 1. The molecule has 0 atom stereocenters. The number of anilines is 1. The van der Waals surface area contributed by atoms with Gasteiger partial charge in [0.05, 0.1) is 17.6 Å². The van der Waals surface area contributed by atoms with Gasteiger partial charge in [0.25, 0.3) is 0 Å². The minimum Gasteiger partial charge on any atom is -0.378 e. The zero-order valence-electron chi connectivity index (χ0n) is 12.1. The number of aromatic nitrogens is 4. The number of nitrogens with zero attached hydrogens (tertiary/aromatic N) is 4. The van der Waals surface area contributed by atoms with Crippen LogP contribution in [0.15, 0.2) is 12.4 Å². The fourth-order valence-corrected chi connectivity index (χ4v) is 1.83.